The normalized spacial score (nSPS) is 20.2. The summed E-state index contributed by atoms with van der Waals surface area (Å²) >= 11 is 0. The predicted molar refractivity (Wildman–Crippen MR) is 130 cm³/mol. The molecule has 35 heavy (non-hydrogen) atoms. The first-order valence-corrected chi connectivity index (χ1v) is 11.6. The van der Waals surface area contributed by atoms with Crippen molar-refractivity contribution in [2.45, 2.75) is 65.3 Å². The standard InChI is InChI=1S/C27H32N2O6/c1-17-9-10-18(2)24-14-26(35-27(32)12-11-21-15-29(5)16-28-21)25(34-20(4)31)8-6-7-22(13-23(17)24)33-19(3)30/h6,8-12,15-16,22,25-26H,7,13-14H2,1-5H3. The zero-order valence-electron chi connectivity index (χ0n) is 20.8. The van der Waals surface area contributed by atoms with Gasteiger partial charge in [-0.3, -0.25) is 9.59 Å². The Balaban J connectivity index is 1.96. The Bertz CT molecular complexity index is 1150. The van der Waals surface area contributed by atoms with Crippen LogP contribution in [0.3, 0.4) is 0 Å². The molecule has 1 aliphatic rings. The molecular formula is C27H32N2O6. The van der Waals surface area contributed by atoms with Crippen LogP contribution in [0.2, 0.25) is 0 Å². The summed E-state index contributed by atoms with van der Waals surface area (Å²) in [5, 5.41) is 0. The molecule has 0 aliphatic heterocycles. The maximum atomic E-state index is 12.7. The number of carbonyl (C=O) groups excluding carboxylic acids is 3. The second-order valence-electron chi connectivity index (χ2n) is 8.81. The molecule has 0 saturated heterocycles. The first-order chi connectivity index (χ1) is 16.6. The zero-order chi connectivity index (χ0) is 25.5. The molecule has 1 aliphatic carbocycles. The molecule has 1 aromatic carbocycles. The smallest absolute Gasteiger partial charge is 0.331 e. The third kappa shape index (κ3) is 7.40. The molecular weight excluding hydrogens is 448 g/mol. The fourth-order valence-corrected chi connectivity index (χ4v) is 4.21. The van der Waals surface area contributed by atoms with E-state index in [-0.39, 0.29) is 12.1 Å². The molecule has 0 spiro atoms. The average molecular weight is 481 g/mol. The number of fused-ring (bicyclic) bond motifs is 1. The van der Waals surface area contributed by atoms with Gasteiger partial charge >= 0.3 is 17.9 Å². The summed E-state index contributed by atoms with van der Waals surface area (Å²) in [6.45, 7) is 6.70. The lowest BCUT2D eigenvalue weighted by Crippen LogP contribution is -2.36. The largest absolute Gasteiger partial charge is 0.462 e. The number of imidazole rings is 1. The first-order valence-electron chi connectivity index (χ1n) is 11.6. The summed E-state index contributed by atoms with van der Waals surface area (Å²) in [4.78, 5) is 40.5. The molecule has 8 heteroatoms. The van der Waals surface area contributed by atoms with Crippen molar-refractivity contribution in [3.8, 4) is 0 Å². The molecule has 2 aromatic rings. The lowest BCUT2D eigenvalue weighted by molar-refractivity contribution is -0.159. The van der Waals surface area contributed by atoms with Crippen LogP contribution in [0.25, 0.3) is 6.08 Å². The Kier molecular flexibility index (Phi) is 8.63. The highest BCUT2D eigenvalue weighted by atomic mass is 16.6. The summed E-state index contributed by atoms with van der Waals surface area (Å²) in [7, 11) is 1.84. The van der Waals surface area contributed by atoms with E-state index < -0.39 is 24.1 Å². The van der Waals surface area contributed by atoms with Gasteiger partial charge in [-0.15, -0.1) is 0 Å². The number of aryl methyl sites for hydroxylation is 3. The highest BCUT2D eigenvalue weighted by Gasteiger charge is 2.29. The summed E-state index contributed by atoms with van der Waals surface area (Å²) < 4.78 is 18.7. The molecule has 1 heterocycles. The SMILES string of the molecule is CC(=O)OC1CC=CC(OC(C)=O)C(OC(=O)C=Cc2cn(C)cn2)Cc2c(C)ccc(C)c2C1. The Morgan fingerprint density at radius 1 is 1.00 bits per heavy atom. The molecule has 0 fully saturated rings. The van der Waals surface area contributed by atoms with E-state index in [4.69, 9.17) is 14.2 Å². The number of ether oxygens (including phenoxy) is 3. The van der Waals surface area contributed by atoms with Gasteiger partial charge in [0.1, 0.15) is 12.2 Å². The molecule has 0 radical (unpaired) electrons. The van der Waals surface area contributed by atoms with Crippen LogP contribution in [0.15, 0.2) is 42.9 Å². The first kappa shape index (κ1) is 25.9. The highest BCUT2D eigenvalue weighted by molar-refractivity contribution is 5.86. The number of hydrogen-bond acceptors (Lipinski definition) is 7. The van der Waals surface area contributed by atoms with Crippen LogP contribution >= 0.6 is 0 Å². The van der Waals surface area contributed by atoms with E-state index in [9.17, 15) is 14.4 Å². The van der Waals surface area contributed by atoms with Gasteiger partial charge in [0.2, 0.25) is 0 Å². The molecule has 0 N–H and O–H groups in total. The van der Waals surface area contributed by atoms with Crippen LogP contribution in [-0.2, 0) is 48.5 Å². The Hall–Kier alpha value is -3.68. The second-order valence-corrected chi connectivity index (χ2v) is 8.81. The molecule has 3 atom stereocenters. The number of aromatic nitrogens is 2. The molecule has 0 saturated carbocycles. The minimum Gasteiger partial charge on any atom is -0.462 e. The molecule has 0 amide bonds. The number of benzene rings is 1. The second kappa shape index (κ2) is 11.6. The van der Waals surface area contributed by atoms with Gasteiger partial charge in [0.05, 0.1) is 12.0 Å². The monoisotopic (exact) mass is 480 g/mol. The van der Waals surface area contributed by atoms with Gasteiger partial charge < -0.3 is 18.8 Å². The summed E-state index contributed by atoms with van der Waals surface area (Å²) in [6.07, 6.45) is 9.21. The van der Waals surface area contributed by atoms with Gasteiger partial charge in [-0.2, -0.15) is 0 Å². The number of carbonyl (C=O) groups is 3. The molecule has 8 nitrogen and oxygen atoms in total. The van der Waals surface area contributed by atoms with Crippen molar-refractivity contribution in [2.24, 2.45) is 7.05 Å². The van der Waals surface area contributed by atoms with E-state index in [1.54, 1.807) is 29.2 Å². The van der Waals surface area contributed by atoms with Crippen LogP contribution in [-0.4, -0.2) is 45.8 Å². The van der Waals surface area contributed by atoms with E-state index in [0.717, 1.165) is 22.3 Å². The van der Waals surface area contributed by atoms with Crippen molar-refractivity contribution < 1.29 is 28.6 Å². The topological polar surface area (TPSA) is 96.7 Å². The fraction of sp³-hybridized carbons (Fsp3) is 0.407. The molecule has 1 aromatic heterocycles. The molecule has 3 rings (SSSR count). The quantitative estimate of drug-likeness (QED) is 0.279. The average Bonchev–Trinajstić information content (AvgIpc) is 3.19. The van der Waals surface area contributed by atoms with E-state index in [0.29, 0.717) is 25.0 Å². The third-order valence-corrected chi connectivity index (χ3v) is 5.85. The van der Waals surface area contributed by atoms with Crippen LogP contribution in [0.5, 0.6) is 0 Å². The van der Waals surface area contributed by atoms with Crippen LogP contribution in [0.4, 0.5) is 0 Å². The van der Waals surface area contributed by atoms with E-state index in [1.807, 2.05) is 39.1 Å². The number of rotatable bonds is 5. The van der Waals surface area contributed by atoms with Crippen LogP contribution < -0.4 is 0 Å². The van der Waals surface area contributed by atoms with Crippen molar-refractivity contribution in [1.82, 2.24) is 9.55 Å². The van der Waals surface area contributed by atoms with Crippen LogP contribution in [0, 0.1) is 13.8 Å². The number of esters is 3. The van der Waals surface area contributed by atoms with Crippen LogP contribution in [0.1, 0.15) is 48.2 Å². The lowest BCUT2D eigenvalue weighted by Gasteiger charge is -2.28. The maximum Gasteiger partial charge on any atom is 0.331 e. The Morgan fingerprint density at radius 2 is 1.66 bits per heavy atom. The number of nitrogens with zero attached hydrogens (tertiary/aromatic N) is 2. The van der Waals surface area contributed by atoms with Gasteiger partial charge in [0.15, 0.2) is 6.10 Å². The van der Waals surface area contributed by atoms with E-state index in [1.165, 1.54) is 19.9 Å². The molecule has 186 valence electrons. The van der Waals surface area contributed by atoms with Gasteiger partial charge in [-0.1, -0.05) is 18.2 Å². The van der Waals surface area contributed by atoms with E-state index in [2.05, 4.69) is 4.98 Å². The van der Waals surface area contributed by atoms with Crippen molar-refractivity contribution in [1.29, 1.82) is 0 Å². The minimum atomic E-state index is -0.802. The molecule has 0 bridgehead atoms. The third-order valence-electron chi connectivity index (χ3n) is 5.85. The van der Waals surface area contributed by atoms with Gasteiger partial charge in [0.25, 0.3) is 0 Å². The summed E-state index contributed by atoms with van der Waals surface area (Å²) in [5.74, 6) is -1.40. The number of hydrogen-bond donors (Lipinski definition) is 0. The van der Waals surface area contributed by atoms with Crippen molar-refractivity contribution in [3.63, 3.8) is 0 Å². The Labute approximate surface area is 205 Å². The minimum absolute atomic E-state index is 0.334. The molecule has 3 unspecified atom stereocenters. The fourth-order valence-electron chi connectivity index (χ4n) is 4.21. The van der Waals surface area contributed by atoms with E-state index >= 15 is 0 Å². The summed E-state index contributed by atoms with van der Waals surface area (Å²) in [6, 6.07) is 4.04. The van der Waals surface area contributed by atoms with Gasteiger partial charge in [-0.25, -0.2) is 9.78 Å². The van der Waals surface area contributed by atoms with Gasteiger partial charge in [-0.05, 0) is 48.3 Å². The maximum absolute atomic E-state index is 12.7. The van der Waals surface area contributed by atoms with Crippen molar-refractivity contribution >= 4 is 24.0 Å². The lowest BCUT2D eigenvalue weighted by atomic mass is 9.87. The predicted octanol–water partition coefficient (Wildman–Crippen LogP) is 3.57. The Morgan fingerprint density at radius 3 is 2.26 bits per heavy atom. The van der Waals surface area contributed by atoms with Crippen molar-refractivity contribution in [2.75, 3.05) is 0 Å². The summed E-state index contributed by atoms with van der Waals surface area (Å²) in [5.41, 5.74) is 4.72. The van der Waals surface area contributed by atoms with Gasteiger partial charge in [0, 0.05) is 52.4 Å². The van der Waals surface area contributed by atoms with Crippen molar-refractivity contribution in [3.05, 3.63) is 70.8 Å². The zero-order valence-corrected chi connectivity index (χ0v) is 20.8. The highest BCUT2D eigenvalue weighted by Crippen LogP contribution is 2.27.